The molecule has 0 unspecified atom stereocenters. The van der Waals surface area contributed by atoms with E-state index in [0.29, 0.717) is 35.7 Å². The van der Waals surface area contributed by atoms with Crippen molar-refractivity contribution in [2.24, 2.45) is 0 Å². The fraction of sp³-hybridized carbons (Fsp3) is 0.333. The molecule has 2 amide bonds. The van der Waals surface area contributed by atoms with Crippen LogP contribution in [0.3, 0.4) is 0 Å². The number of carbonyl (C=O) groups excluding carboxylic acids is 2. The highest BCUT2D eigenvalue weighted by Gasteiger charge is 2.15. The Kier molecular flexibility index (Phi) is 6.30. The molecule has 1 aliphatic heterocycles. The number of para-hydroxylation sites is 1. The SMILES string of the molecule is CCCCCC(=O)Nc1ccccc1C(=O)NCc1ccc2c(c1)OCO2. The zero-order chi connectivity index (χ0) is 19.1. The van der Waals surface area contributed by atoms with Crippen molar-refractivity contribution in [2.75, 3.05) is 12.1 Å². The summed E-state index contributed by atoms with van der Waals surface area (Å²) in [6, 6.07) is 12.6. The molecule has 6 heteroatoms. The lowest BCUT2D eigenvalue weighted by Gasteiger charge is -2.12. The highest BCUT2D eigenvalue weighted by atomic mass is 16.7. The van der Waals surface area contributed by atoms with Crippen LogP contribution in [-0.2, 0) is 11.3 Å². The molecule has 142 valence electrons. The minimum absolute atomic E-state index is 0.0699. The van der Waals surface area contributed by atoms with Crippen molar-refractivity contribution in [2.45, 2.75) is 39.2 Å². The number of anilines is 1. The van der Waals surface area contributed by atoms with Crippen LogP contribution in [0.25, 0.3) is 0 Å². The third-order valence-electron chi connectivity index (χ3n) is 4.34. The van der Waals surface area contributed by atoms with Crippen LogP contribution in [0.15, 0.2) is 42.5 Å². The summed E-state index contributed by atoms with van der Waals surface area (Å²) in [6.45, 7) is 2.67. The van der Waals surface area contributed by atoms with Crippen molar-refractivity contribution in [1.29, 1.82) is 0 Å². The molecule has 6 nitrogen and oxygen atoms in total. The normalized spacial score (nSPS) is 11.9. The average Bonchev–Trinajstić information content (AvgIpc) is 3.14. The minimum Gasteiger partial charge on any atom is -0.454 e. The van der Waals surface area contributed by atoms with E-state index in [1.807, 2.05) is 18.2 Å². The van der Waals surface area contributed by atoms with Crippen LogP contribution in [0.5, 0.6) is 11.5 Å². The van der Waals surface area contributed by atoms with E-state index < -0.39 is 0 Å². The predicted octanol–water partition coefficient (Wildman–Crippen LogP) is 3.86. The van der Waals surface area contributed by atoms with Crippen molar-refractivity contribution in [3.63, 3.8) is 0 Å². The Morgan fingerprint density at radius 3 is 2.70 bits per heavy atom. The summed E-state index contributed by atoms with van der Waals surface area (Å²) in [6.07, 6.45) is 3.39. The van der Waals surface area contributed by atoms with E-state index in [9.17, 15) is 9.59 Å². The third kappa shape index (κ3) is 5.00. The van der Waals surface area contributed by atoms with Crippen LogP contribution in [0.1, 0.15) is 48.5 Å². The van der Waals surface area contributed by atoms with Gasteiger partial charge in [0.15, 0.2) is 11.5 Å². The van der Waals surface area contributed by atoms with Crippen molar-refractivity contribution in [3.05, 3.63) is 53.6 Å². The fourth-order valence-corrected chi connectivity index (χ4v) is 2.87. The van der Waals surface area contributed by atoms with E-state index in [4.69, 9.17) is 9.47 Å². The zero-order valence-electron chi connectivity index (χ0n) is 15.4. The number of hydrogen-bond donors (Lipinski definition) is 2. The molecule has 2 N–H and O–H groups in total. The molecule has 0 spiro atoms. The number of hydrogen-bond acceptors (Lipinski definition) is 4. The molecule has 2 aromatic carbocycles. The van der Waals surface area contributed by atoms with E-state index in [1.54, 1.807) is 24.3 Å². The fourth-order valence-electron chi connectivity index (χ4n) is 2.87. The second kappa shape index (κ2) is 9.07. The maximum Gasteiger partial charge on any atom is 0.253 e. The van der Waals surface area contributed by atoms with Gasteiger partial charge < -0.3 is 20.1 Å². The van der Waals surface area contributed by atoms with Gasteiger partial charge in [0.05, 0.1) is 11.3 Å². The second-order valence-electron chi connectivity index (χ2n) is 6.42. The van der Waals surface area contributed by atoms with Crippen LogP contribution in [0.4, 0.5) is 5.69 Å². The summed E-state index contributed by atoms with van der Waals surface area (Å²) in [5.74, 6) is 1.08. The van der Waals surface area contributed by atoms with E-state index in [-0.39, 0.29) is 18.6 Å². The summed E-state index contributed by atoms with van der Waals surface area (Å²) in [5, 5.41) is 5.73. The standard InChI is InChI=1S/C21H24N2O4/c1-2-3-4-9-20(24)23-17-8-6-5-7-16(17)21(25)22-13-15-10-11-18-19(12-15)27-14-26-18/h5-8,10-12H,2-4,9,13-14H2,1H3,(H,22,25)(H,23,24). The molecular formula is C21H24N2O4. The molecular weight excluding hydrogens is 344 g/mol. The van der Waals surface area contributed by atoms with Gasteiger partial charge in [0.1, 0.15) is 0 Å². The van der Waals surface area contributed by atoms with Crippen molar-refractivity contribution in [3.8, 4) is 11.5 Å². The second-order valence-corrected chi connectivity index (χ2v) is 6.42. The molecule has 0 radical (unpaired) electrons. The molecule has 2 aromatic rings. The monoisotopic (exact) mass is 368 g/mol. The quantitative estimate of drug-likeness (QED) is 0.694. The maximum absolute atomic E-state index is 12.6. The van der Waals surface area contributed by atoms with Crippen LogP contribution in [-0.4, -0.2) is 18.6 Å². The third-order valence-corrected chi connectivity index (χ3v) is 4.34. The number of ether oxygens (including phenoxy) is 2. The van der Waals surface area contributed by atoms with Crippen molar-refractivity contribution < 1.29 is 19.1 Å². The lowest BCUT2D eigenvalue weighted by atomic mass is 10.1. The van der Waals surface area contributed by atoms with Gasteiger partial charge in [-0.1, -0.05) is 38.0 Å². The molecule has 0 bridgehead atoms. The topological polar surface area (TPSA) is 76.7 Å². The largest absolute Gasteiger partial charge is 0.454 e. The van der Waals surface area contributed by atoms with Gasteiger partial charge >= 0.3 is 0 Å². The lowest BCUT2D eigenvalue weighted by Crippen LogP contribution is -2.24. The van der Waals surface area contributed by atoms with Gasteiger partial charge in [-0.3, -0.25) is 9.59 Å². The maximum atomic E-state index is 12.6. The Bertz CT molecular complexity index is 820. The first-order chi connectivity index (χ1) is 13.2. The Balaban J connectivity index is 1.60. The van der Waals surface area contributed by atoms with E-state index in [0.717, 1.165) is 24.8 Å². The highest BCUT2D eigenvalue weighted by molar-refractivity contribution is 6.03. The Morgan fingerprint density at radius 2 is 1.85 bits per heavy atom. The molecule has 3 rings (SSSR count). The first-order valence-corrected chi connectivity index (χ1v) is 9.23. The van der Waals surface area contributed by atoms with E-state index >= 15 is 0 Å². The number of rotatable bonds is 8. The van der Waals surface area contributed by atoms with Crippen molar-refractivity contribution >= 4 is 17.5 Å². The van der Waals surface area contributed by atoms with Crippen LogP contribution in [0, 0.1) is 0 Å². The summed E-state index contributed by atoms with van der Waals surface area (Å²) in [5.41, 5.74) is 1.89. The Hall–Kier alpha value is -3.02. The molecule has 27 heavy (non-hydrogen) atoms. The molecule has 1 heterocycles. The molecule has 0 aliphatic carbocycles. The van der Waals surface area contributed by atoms with Gasteiger partial charge in [0.2, 0.25) is 12.7 Å². The molecule has 0 aromatic heterocycles. The summed E-state index contributed by atoms with van der Waals surface area (Å²) in [7, 11) is 0. The zero-order valence-corrected chi connectivity index (χ0v) is 15.4. The van der Waals surface area contributed by atoms with Crippen LogP contribution in [0.2, 0.25) is 0 Å². The molecule has 0 saturated heterocycles. The minimum atomic E-state index is -0.239. The summed E-state index contributed by atoms with van der Waals surface area (Å²) < 4.78 is 10.6. The highest BCUT2D eigenvalue weighted by Crippen LogP contribution is 2.32. The average molecular weight is 368 g/mol. The van der Waals surface area contributed by atoms with Crippen LogP contribution < -0.4 is 20.1 Å². The number of unbranched alkanes of at least 4 members (excludes halogenated alkanes) is 2. The van der Waals surface area contributed by atoms with Gasteiger partial charge in [0.25, 0.3) is 5.91 Å². The summed E-state index contributed by atoms with van der Waals surface area (Å²) >= 11 is 0. The summed E-state index contributed by atoms with van der Waals surface area (Å²) in [4.78, 5) is 24.7. The van der Waals surface area contributed by atoms with Crippen LogP contribution >= 0.6 is 0 Å². The van der Waals surface area contributed by atoms with Gasteiger partial charge in [-0.15, -0.1) is 0 Å². The number of amides is 2. The first-order valence-electron chi connectivity index (χ1n) is 9.23. The Labute approximate surface area is 158 Å². The smallest absolute Gasteiger partial charge is 0.253 e. The first kappa shape index (κ1) is 18.8. The number of fused-ring (bicyclic) bond motifs is 1. The van der Waals surface area contributed by atoms with Gasteiger partial charge in [-0.2, -0.15) is 0 Å². The number of carbonyl (C=O) groups is 2. The molecule has 0 atom stereocenters. The van der Waals surface area contributed by atoms with E-state index in [1.165, 1.54) is 0 Å². The Morgan fingerprint density at radius 1 is 1.04 bits per heavy atom. The molecule has 1 aliphatic rings. The van der Waals surface area contributed by atoms with Gasteiger partial charge in [0, 0.05) is 13.0 Å². The lowest BCUT2D eigenvalue weighted by molar-refractivity contribution is -0.116. The van der Waals surface area contributed by atoms with Crippen molar-refractivity contribution in [1.82, 2.24) is 5.32 Å². The van der Waals surface area contributed by atoms with Gasteiger partial charge in [-0.25, -0.2) is 0 Å². The van der Waals surface area contributed by atoms with Gasteiger partial charge in [-0.05, 0) is 36.2 Å². The molecule has 0 fully saturated rings. The molecule has 0 saturated carbocycles. The van der Waals surface area contributed by atoms with E-state index in [2.05, 4.69) is 17.6 Å². The number of benzene rings is 2. The predicted molar refractivity (Wildman–Crippen MR) is 103 cm³/mol. The number of nitrogens with one attached hydrogen (secondary N) is 2.